The zero-order valence-corrected chi connectivity index (χ0v) is 10.8. The van der Waals surface area contributed by atoms with Gasteiger partial charge in [-0.25, -0.2) is 4.98 Å². The number of nitriles is 1. The summed E-state index contributed by atoms with van der Waals surface area (Å²) >= 11 is 6.13. The molecule has 0 N–H and O–H groups in total. The number of anilines is 1. The van der Waals surface area contributed by atoms with Crippen LogP contribution < -0.4 is 4.90 Å². The SMILES string of the molecule is CC(C)C(C)N(C)c1nccc(C#N)c1Cl. The number of aromatic nitrogens is 1. The molecule has 0 saturated carbocycles. The van der Waals surface area contributed by atoms with Crippen LogP contribution in [0, 0.1) is 17.2 Å². The summed E-state index contributed by atoms with van der Waals surface area (Å²) in [6.07, 6.45) is 1.61. The van der Waals surface area contributed by atoms with Gasteiger partial charge in [0.05, 0.1) is 5.56 Å². The molecule has 0 aliphatic heterocycles. The number of nitrogens with zero attached hydrogens (tertiary/aromatic N) is 3. The lowest BCUT2D eigenvalue weighted by Gasteiger charge is -2.29. The Morgan fingerprint density at radius 1 is 1.44 bits per heavy atom. The maximum atomic E-state index is 8.89. The largest absolute Gasteiger partial charge is 0.355 e. The molecule has 4 heteroatoms. The first-order chi connectivity index (χ1) is 7.49. The number of halogens is 1. The van der Waals surface area contributed by atoms with E-state index < -0.39 is 0 Å². The predicted octanol–water partition coefficient (Wildman–Crippen LogP) is 3.09. The van der Waals surface area contributed by atoms with E-state index >= 15 is 0 Å². The van der Waals surface area contributed by atoms with Gasteiger partial charge in [0.2, 0.25) is 0 Å². The monoisotopic (exact) mass is 237 g/mol. The average Bonchev–Trinajstić information content (AvgIpc) is 2.27. The summed E-state index contributed by atoms with van der Waals surface area (Å²) in [5.41, 5.74) is 0.467. The van der Waals surface area contributed by atoms with Gasteiger partial charge in [0.25, 0.3) is 0 Å². The third-order valence-corrected chi connectivity index (χ3v) is 3.27. The van der Waals surface area contributed by atoms with Gasteiger partial charge in [0, 0.05) is 19.3 Å². The van der Waals surface area contributed by atoms with Crippen molar-refractivity contribution in [1.29, 1.82) is 5.26 Å². The van der Waals surface area contributed by atoms with Gasteiger partial charge in [-0.1, -0.05) is 25.4 Å². The fraction of sp³-hybridized carbons (Fsp3) is 0.500. The lowest BCUT2D eigenvalue weighted by molar-refractivity contribution is 0.503. The Morgan fingerprint density at radius 3 is 2.56 bits per heavy atom. The second kappa shape index (κ2) is 5.18. The second-order valence-corrected chi connectivity index (χ2v) is 4.58. The van der Waals surface area contributed by atoms with Crippen molar-refractivity contribution in [1.82, 2.24) is 4.98 Å². The lowest BCUT2D eigenvalue weighted by Crippen LogP contribution is -2.34. The molecule has 0 aromatic carbocycles. The minimum absolute atomic E-state index is 0.318. The first kappa shape index (κ1) is 12.8. The van der Waals surface area contributed by atoms with Crippen molar-refractivity contribution in [3.63, 3.8) is 0 Å². The number of rotatable bonds is 3. The fourth-order valence-corrected chi connectivity index (χ4v) is 1.69. The van der Waals surface area contributed by atoms with Crippen LogP contribution in [0.1, 0.15) is 26.3 Å². The highest BCUT2D eigenvalue weighted by Crippen LogP contribution is 2.27. The van der Waals surface area contributed by atoms with Gasteiger partial charge < -0.3 is 4.90 Å². The van der Waals surface area contributed by atoms with Crippen molar-refractivity contribution in [2.45, 2.75) is 26.8 Å². The van der Waals surface area contributed by atoms with E-state index in [-0.39, 0.29) is 0 Å². The molecule has 1 heterocycles. The van der Waals surface area contributed by atoms with E-state index in [9.17, 15) is 0 Å². The summed E-state index contributed by atoms with van der Waals surface area (Å²) in [4.78, 5) is 6.24. The lowest BCUT2D eigenvalue weighted by atomic mass is 10.1. The van der Waals surface area contributed by atoms with Crippen molar-refractivity contribution in [2.75, 3.05) is 11.9 Å². The molecule has 0 radical (unpaired) electrons. The van der Waals surface area contributed by atoms with Crippen molar-refractivity contribution in [3.05, 3.63) is 22.8 Å². The van der Waals surface area contributed by atoms with Gasteiger partial charge >= 0.3 is 0 Å². The van der Waals surface area contributed by atoms with E-state index in [1.807, 2.05) is 11.9 Å². The van der Waals surface area contributed by atoms with Gasteiger partial charge in [-0.15, -0.1) is 0 Å². The van der Waals surface area contributed by atoms with Crippen LogP contribution in [-0.2, 0) is 0 Å². The average molecular weight is 238 g/mol. The summed E-state index contributed by atoms with van der Waals surface area (Å²) in [5.74, 6) is 1.16. The van der Waals surface area contributed by atoms with E-state index in [0.29, 0.717) is 28.4 Å². The Balaban J connectivity index is 3.10. The fourth-order valence-electron chi connectivity index (χ4n) is 1.41. The van der Waals surface area contributed by atoms with Crippen LogP contribution in [0.25, 0.3) is 0 Å². The molecule has 0 bridgehead atoms. The third-order valence-electron chi connectivity index (χ3n) is 2.90. The first-order valence-electron chi connectivity index (χ1n) is 5.26. The molecular formula is C12H16ClN3. The molecule has 0 aliphatic carbocycles. The smallest absolute Gasteiger partial charge is 0.148 e. The number of hydrogen-bond donors (Lipinski definition) is 0. The van der Waals surface area contributed by atoms with E-state index in [1.54, 1.807) is 12.3 Å². The second-order valence-electron chi connectivity index (χ2n) is 4.20. The van der Waals surface area contributed by atoms with Crippen LogP contribution in [0.5, 0.6) is 0 Å². The predicted molar refractivity (Wildman–Crippen MR) is 66.7 cm³/mol. The normalized spacial score (nSPS) is 12.3. The summed E-state index contributed by atoms with van der Waals surface area (Å²) < 4.78 is 0. The van der Waals surface area contributed by atoms with Crippen LogP contribution in [0.15, 0.2) is 12.3 Å². The van der Waals surface area contributed by atoms with E-state index in [4.69, 9.17) is 16.9 Å². The molecule has 86 valence electrons. The highest BCUT2D eigenvalue weighted by atomic mass is 35.5. The maximum absolute atomic E-state index is 8.89. The molecule has 16 heavy (non-hydrogen) atoms. The minimum atomic E-state index is 0.318. The Hall–Kier alpha value is -1.27. The minimum Gasteiger partial charge on any atom is -0.355 e. The zero-order chi connectivity index (χ0) is 12.3. The molecule has 0 spiro atoms. The highest BCUT2D eigenvalue weighted by molar-refractivity contribution is 6.34. The summed E-state index contributed by atoms with van der Waals surface area (Å²) in [5, 5.41) is 9.32. The molecule has 0 amide bonds. The molecule has 0 aliphatic rings. The van der Waals surface area contributed by atoms with E-state index in [2.05, 4.69) is 31.8 Å². The van der Waals surface area contributed by atoms with Crippen molar-refractivity contribution in [2.24, 2.45) is 5.92 Å². The summed E-state index contributed by atoms with van der Waals surface area (Å²) in [6.45, 7) is 6.40. The van der Waals surface area contributed by atoms with Crippen molar-refractivity contribution < 1.29 is 0 Å². The van der Waals surface area contributed by atoms with Crippen molar-refractivity contribution in [3.8, 4) is 6.07 Å². The van der Waals surface area contributed by atoms with Crippen LogP contribution in [-0.4, -0.2) is 18.1 Å². The topological polar surface area (TPSA) is 39.9 Å². The molecular weight excluding hydrogens is 222 g/mol. The Labute approximate surface area is 102 Å². The Morgan fingerprint density at radius 2 is 2.06 bits per heavy atom. The zero-order valence-electron chi connectivity index (χ0n) is 10.0. The molecule has 0 saturated heterocycles. The molecule has 0 fully saturated rings. The van der Waals surface area contributed by atoms with Crippen molar-refractivity contribution >= 4 is 17.4 Å². The maximum Gasteiger partial charge on any atom is 0.148 e. The number of hydrogen-bond acceptors (Lipinski definition) is 3. The van der Waals surface area contributed by atoms with Gasteiger partial charge in [-0.05, 0) is 18.9 Å². The Kier molecular flexibility index (Phi) is 4.14. The molecule has 3 nitrogen and oxygen atoms in total. The van der Waals surface area contributed by atoms with Crippen LogP contribution in [0.4, 0.5) is 5.82 Å². The highest BCUT2D eigenvalue weighted by Gasteiger charge is 2.18. The van der Waals surface area contributed by atoms with Gasteiger partial charge in [-0.3, -0.25) is 0 Å². The van der Waals surface area contributed by atoms with E-state index in [1.165, 1.54) is 0 Å². The van der Waals surface area contributed by atoms with Gasteiger partial charge in [0.1, 0.15) is 16.9 Å². The number of pyridine rings is 1. The first-order valence-corrected chi connectivity index (χ1v) is 5.64. The summed E-state index contributed by atoms with van der Waals surface area (Å²) in [6, 6.07) is 4.00. The van der Waals surface area contributed by atoms with Gasteiger partial charge in [0.15, 0.2) is 0 Å². The molecule has 1 unspecified atom stereocenters. The molecule has 1 aromatic rings. The third kappa shape index (κ3) is 2.45. The van der Waals surface area contributed by atoms with Crippen LogP contribution in [0.2, 0.25) is 5.02 Å². The standard InChI is InChI=1S/C12H16ClN3/c1-8(2)9(3)16(4)12-11(13)10(7-14)5-6-15-12/h5-6,8-9H,1-4H3. The molecule has 1 aromatic heterocycles. The molecule has 1 rings (SSSR count). The quantitative estimate of drug-likeness (QED) is 0.811. The summed E-state index contributed by atoms with van der Waals surface area (Å²) in [7, 11) is 1.94. The van der Waals surface area contributed by atoms with Gasteiger partial charge in [-0.2, -0.15) is 5.26 Å². The van der Waals surface area contributed by atoms with Crippen LogP contribution >= 0.6 is 11.6 Å². The Bertz CT molecular complexity index is 409. The van der Waals surface area contributed by atoms with E-state index in [0.717, 1.165) is 0 Å². The van der Waals surface area contributed by atoms with Crippen LogP contribution in [0.3, 0.4) is 0 Å². The molecule has 1 atom stereocenters.